The van der Waals surface area contributed by atoms with Crippen molar-refractivity contribution in [3.63, 3.8) is 0 Å². The molecule has 0 aromatic heterocycles. The molecule has 5 atom stereocenters. The lowest BCUT2D eigenvalue weighted by Gasteiger charge is -2.61. The van der Waals surface area contributed by atoms with Crippen LogP contribution in [0.2, 0.25) is 0 Å². The summed E-state index contributed by atoms with van der Waals surface area (Å²) in [4.78, 5) is 11.9. The topological polar surface area (TPSA) is 37.3 Å². The molecule has 0 saturated heterocycles. The highest BCUT2D eigenvalue weighted by Crippen LogP contribution is 2.71. The Morgan fingerprint density at radius 3 is 2.47 bits per heavy atom. The van der Waals surface area contributed by atoms with Gasteiger partial charge in [0.2, 0.25) is 0 Å². The van der Waals surface area contributed by atoms with Crippen LogP contribution in [-0.4, -0.2) is 11.1 Å². The summed E-state index contributed by atoms with van der Waals surface area (Å²) >= 11 is 0. The third kappa shape index (κ3) is 1.01. The Morgan fingerprint density at radius 2 is 1.94 bits per heavy atom. The van der Waals surface area contributed by atoms with Gasteiger partial charge in [-0.25, -0.2) is 0 Å². The minimum atomic E-state index is -0.590. The molecular formula is C15H22O2. The van der Waals surface area contributed by atoms with Gasteiger partial charge in [-0.3, -0.25) is 4.79 Å². The normalized spacial score (nSPS) is 55.9. The Balaban J connectivity index is 2.20. The summed E-state index contributed by atoms with van der Waals surface area (Å²) in [5.41, 5.74) is -0.523. The van der Waals surface area contributed by atoms with Crippen LogP contribution in [-0.2, 0) is 4.79 Å². The second-order valence-corrected chi connectivity index (χ2v) is 6.90. The molecule has 2 heteroatoms. The third-order valence-corrected chi connectivity index (χ3v) is 6.62. The summed E-state index contributed by atoms with van der Waals surface area (Å²) in [5.74, 6) is 0.394. The van der Waals surface area contributed by atoms with Crippen LogP contribution in [0.1, 0.15) is 46.5 Å². The average molecular weight is 234 g/mol. The molecule has 0 aliphatic heterocycles. The van der Waals surface area contributed by atoms with E-state index >= 15 is 0 Å². The fourth-order valence-corrected chi connectivity index (χ4v) is 5.03. The van der Waals surface area contributed by atoms with Crippen molar-refractivity contribution in [3.8, 4) is 0 Å². The standard InChI is InChI=1S/C15H22O2/c1-10-4-5-11-14(3,12(16)17)13(2)6-8-15(10,11)9-7-13/h6,8,10-11H,4-5,7,9H2,1-3H3,(H,16,17)/t10-,11-,13+,14+,15-/m1/s1. The molecule has 0 aromatic rings. The average Bonchev–Trinajstić information content (AvgIpc) is 2.61. The van der Waals surface area contributed by atoms with Gasteiger partial charge >= 0.3 is 5.97 Å². The molecule has 2 saturated carbocycles. The van der Waals surface area contributed by atoms with Crippen LogP contribution < -0.4 is 0 Å². The van der Waals surface area contributed by atoms with E-state index in [4.69, 9.17) is 0 Å². The van der Waals surface area contributed by atoms with Crippen LogP contribution in [0.25, 0.3) is 0 Å². The highest BCUT2D eigenvalue weighted by atomic mass is 16.4. The Hall–Kier alpha value is -0.790. The maximum absolute atomic E-state index is 11.9. The Kier molecular flexibility index (Phi) is 1.97. The number of hydrogen-bond acceptors (Lipinski definition) is 1. The first-order valence-corrected chi connectivity index (χ1v) is 6.81. The van der Waals surface area contributed by atoms with E-state index in [-0.39, 0.29) is 10.8 Å². The van der Waals surface area contributed by atoms with Crippen molar-refractivity contribution in [2.75, 3.05) is 0 Å². The summed E-state index contributed by atoms with van der Waals surface area (Å²) in [6, 6.07) is 0. The van der Waals surface area contributed by atoms with Gasteiger partial charge < -0.3 is 5.11 Å². The minimum Gasteiger partial charge on any atom is -0.481 e. The number of rotatable bonds is 1. The quantitative estimate of drug-likeness (QED) is 0.705. The predicted molar refractivity (Wildman–Crippen MR) is 66.5 cm³/mol. The lowest BCUT2D eigenvalue weighted by molar-refractivity contribution is -0.173. The van der Waals surface area contributed by atoms with E-state index in [9.17, 15) is 9.90 Å². The van der Waals surface area contributed by atoms with Crippen molar-refractivity contribution in [2.24, 2.45) is 28.1 Å². The fourth-order valence-electron chi connectivity index (χ4n) is 5.03. The van der Waals surface area contributed by atoms with E-state index in [1.54, 1.807) is 0 Å². The number of carboxylic acids is 1. The molecule has 0 heterocycles. The van der Waals surface area contributed by atoms with Crippen molar-refractivity contribution in [1.29, 1.82) is 0 Å². The molecular weight excluding hydrogens is 212 g/mol. The van der Waals surface area contributed by atoms with Gasteiger partial charge in [-0.1, -0.05) is 26.0 Å². The summed E-state index contributed by atoms with van der Waals surface area (Å²) in [5, 5.41) is 9.78. The number of aliphatic carboxylic acids is 1. The highest BCUT2D eigenvalue weighted by molar-refractivity contribution is 5.77. The van der Waals surface area contributed by atoms with Crippen LogP contribution in [0.5, 0.6) is 0 Å². The van der Waals surface area contributed by atoms with E-state index in [2.05, 4.69) is 26.0 Å². The van der Waals surface area contributed by atoms with Crippen LogP contribution in [0, 0.1) is 28.1 Å². The van der Waals surface area contributed by atoms with Gasteiger partial charge in [0, 0.05) is 5.41 Å². The summed E-state index contributed by atoms with van der Waals surface area (Å²) < 4.78 is 0. The van der Waals surface area contributed by atoms with Gasteiger partial charge in [-0.05, 0) is 49.9 Å². The maximum Gasteiger partial charge on any atom is 0.310 e. The largest absolute Gasteiger partial charge is 0.481 e. The lowest BCUT2D eigenvalue weighted by Crippen LogP contribution is -2.59. The molecule has 0 amide bonds. The van der Waals surface area contributed by atoms with E-state index in [1.165, 1.54) is 12.8 Å². The number of carbonyl (C=O) groups is 1. The molecule has 17 heavy (non-hydrogen) atoms. The van der Waals surface area contributed by atoms with E-state index < -0.39 is 11.4 Å². The third-order valence-electron chi connectivity index (χ3n) is 6.62. The zero-order chi connectivity index (χ0) is 12.5. The lowest BCUT2D eigenvalue weighted by atomic mass is 9.42. The molecule has 94 valence electrons. The number of hydrogen-bond donors (Lipinski definition) is 1. The monoisotopic (exact) mass is 234 g/mol. The first kappa shape index (κ1) is 11.3. The van der Waals surface area contributed by atoms with Gasteiger partial charge in [0.25, 0.3) is 0 Å². The number of carboxylic acid groups (broad SMARTS) is 1. The highest BCUT2D eigenvalue weighted by Gasteiger charge is 2.68. The SMILES string of the molecule is C[C@@H]1CC[C@H]2[C@@]13C=C[C@@](C)(CC3)[C@]2(C)C(=O)O. The molecule has 0 radical (unpaired) electrons. The van der Waals surface area contributed by atoms with Gasteiger partial charge in [0.15, 0.2) is 0 Å². The Labute approximate surface area is 103 Å². The fraction of sp³-hybridized carbons (Fsp3) is 0.800. The molecule has 1 spiro atoms. The van der Waals surface area contributed by atoms with Crippen LogP contribution in [0.15, 0.2) is 12.2 Å². The predicted octanol–water partition coefficient (Wildman–Crippen LogP) is 3.48. The van der Waals surface area contributed by atoms with Gasteiger partial charge in [0.1, 0.15) is 0 Å². The molecule has 2 fully saturated rings. The van der Waals surface area contributed by atoms with Crippen molar-refractivity contribution in [1.82, 2.24) is 0 Å². The van der Waals surface area contributed by atoms with Gasteiger partial charge in [0.05, 0.1) is 5.41 Å². The number of allylic oxidation sites excluding steroid dienone is 2. The maximum atomic E-state index is 11.9. The van der Waals surface area contributed by atoms with Crippen molar-refractivity contribution < 1.29 is 9.90 Å². The molecule has 0 unspecified atom stereocenters. The summed E-state index contributed by atoms with van der Waals surface area (Å²) in [7, 11) is 0. The molecule has 2 nitrogen and oxygen atoms in total. The smallest absolute Gasteiger partial charge is 0.310 e. The summed E-state index contributed by atoms with van der Waals surface area (Å²) in [6.07, 6.45) is 9.10. The first-order valence-electron chi connectivity index (χ1n) is 6.81. The molecule has 1 N–H and O–H groups in total. The molecule has 2 bridgehead atoms. The second kappa shape index (κ2) is 2.96. The zero-order valence-corrected chi connectivity index (χ0v) is 11.0. The molecule has 0 aromatic carbocycles. The zero-order valence-electron chi connectivity index (χ0n) is 11.0. The van der Waals surface area contributed by atoms with Crippen molar-refractivity contribution in [2.45, 2.75) is 46.5 Å². The van der Waals surface area contributed by atoms with Gasteiger partial charge in [-0.2, -0.15) is 0 Å². The number of fused-ring (bicyclic) bond motifs is 1. The second-order valence-electron chi connectivity index (χ2n) is 6.90. The Morgan fingerprint density at radius 1 is 1.24 bits per heavy atom. The molecule has 4 aliphatic rings. The van der Waals surface area contributed by atoms with E-state index in [1.807, 2.05) is 6.92 Å². The van der Waals surface area contributed by atoms with Crippen molar-refractivity contribution in [3.05, 3.63) is 12.2 Å². The molecule has 4 aliphatic carbocycles. The van der Waals surface area contributed by atoms with Crippen LogP contribution >= 0.6 is 0 Å². The van der Waals surface area contributed by atoms with E-state index in [0.717, 1.165) is 12.8 Å². The van der Waals surface area contributed by atoms with E-state index in [0.29, 0.717) is 11.8 Å². The van der Waals surface area contributed by atoms with Crippen molar-refractivity contribution >= 4 is 5.97 Å². The van der Waals surface area contributed by atoms with Crippen LogP contribution in [0.4, 0.5) is 0 Å². The summed E-state index contributed by atoms with van der Waals surface area (Å²) in [6.45, 7) is 6.44. The first-order chi connectivity index (χ1) is 7.87. The Bertz CT molecular complexity index is 413. The minimum absolute atomic E-state index is 0.144. The van der Waals surface area contributed by atoms with Gasteiger partial charge in [-0.15, -0.1) is 0 Å². The molecule has 4 rings (SSSR count). The van der Waals surface area contributed by atoms with Crippen LogP contribution in [0.3, 0.4) is 0 Å².